The average molecular weight is 530 g/mol. The third kappa shape index (κ3) is 6.50. The molecule has 5 rings (SSSR count). The number of hydrogen-bond donors (Lipinski definition) is 2. The van der Waals surface area contributed by atoms with Crippen LogP contribution in [0.25, 0.3) is 0 Å². The van der Waals surface area contributed by atoms with Crippen molar-refractivity contribution in [3.63, 3.8) is 0 Å². The third-order valence-electron chi connectivity index (χ3n) is 7.81. The van der Waals surface area contributed by atoms with Crippen molar-refractivity contribution in [2.45, 2.75) is 75.5 Å². The second-order valence-corrected chi connectivity index (χ2v) is 10.6. The Kier molecular flexibility index (Phi) is 8.55. The first kappa shape index (κ1) is 27.0. The van der Waals surface area contributed by atoms with Gasteiger partial charge in [0, 0.05) is 38.4 Å². The smallest absolute Gasteiger partial charge is 0.325 e. The largest absolute Gasteiger partial charge is 0.480 e. The predicted octanol–water partition coefficient (Wildman–Crippen LogP) is 5.17. The number of ether oxygens (including phenoxy) is 2. The lowest BCUT2D eigenvalue weighted by Crippen LogP contribution is -2.35. The van der Waals surface area contributed by atoms with E-state index >= 15 is 0 Å². The zero-order chi connectivity index (χ0) is 26.5. The number of carboxylic acid groups (broad SMARTS) is 1. The van der Waals surface area contributed by atoms with Gasteiger partial charge in [0.05, 0.1) is 12.2 Å². The molecule has 2 aromatic rings. The molecule has 2 fully saturated rings. The highest BCUT2D eigenvalue weighted by molar-refractivity contribution is 5.76. The zero-order valence-corrected chi connectivity index (χ0v) is 21.7. The minimum Gasteiger partial charge on any atom is -0.480 e. The standard InChI is InChI=1S/C29H37F2N3O4/c30-29(31)14-12-25(38-19-29)23-8-1-2-9-24(23)26(28(35)36)34-16-13-22(18-34)37-17-4-3-7-21-11-10-20-6-5-15-32-27(20)33-21/h1-2,8-11,22,25-26H,3-7,12-19H2,(H,32,33)(H,35,36)/t22-,25?,26-/m1/s1. The lowest BCUT2D eigenvalue weighted by Gasteiger charge is -2.32. The number of likely N-dealkylation sites (tertiary alicyclic amines) is 1. The normalized spacial score (nSPS) is 23.9. The number of fused-ring (bicyclic) bond motifs is 1. The summed E-state index contributed by atoms with van der Waals surface area (Å²) in [6.45, 7) is 2.10. The van der Waals surface area contributed by atoms with Gasteiger partial charge >= 0.3 is 5.97 Å². The Hall–Kier alpha value is -2.62. The molecule has 0 amide bonds. The molecule has 0 aliphatic carbocycles. The van der Waals surface area contributed by atoms with E-state index in [0.717, 1.165) is 56.6 Å². The van der Waals surface area contributed by atoms with Crippen molar-refractivity contribution < 1.29 is 28.2 Å². The van der Waals surface area contributed by atoms with Crippen LogP contribution in [-0.4, -0.2) is 65.8 Å². The van der Waals surface area contributed by atoms with Crippen LogP contribution in [0.3, 0.4) is 0 Å². The summed E-state index contributed by atoms with van der Waals surface area (Å²) >= 11 is 0. The summed E-state index contributed by atoms with van der Waals surface area (Å²) in [6, 6.07) is 10.6. The summed E-state index contributed by atoms with van der Waals surface area (Å²) in [5.41, 5.74) is 3.69. The highest BCUT2D eigenvalue weighted by atomic mass is 19.3. The molecule has 38 heavy (non-hydrogen) atoms. The van der Waals surface area contributed by atoms with Crippen LogP contribution in [0.4, 0.5) is 14.6 Å². The molecule has 2 N–H and O–H groups in total. The maximum atomic E-state index is 13.6. The average Bonchev–Trinajstić information content (AvgIpc) is 3.37. The number of halogens is 2. The molecular weight excluding hydrogens is 492 g/mol. The van der Waals surface area contributed by atoms with E-state index in [4.69, 9.17) is 14.5 Å². The number of benzene rings is 1. The number of unbranched alkanes of at least 4 members (excludes halogenated alkanes) is 1. The van der Waals surface area contributed by atoms with Crippen molar-refractivity contribution in [3.8, 4) is 0 Å². The number of rotatable bonds is 10. The molecule has 0 bridgehead atoms. The van der Waals surface area contributed by atoms with Gasteiger partial charge < -0.3 is 19.9 Å². The van der Waals surface area contributed by atoms with Crippen LogP contribution in [0.2, 0.25) is 0 Å². The molecule has 1 unspecified atom stereocenters. The molecule has 3 aliphatic heterocycles. The maximum Gasteiger partial charge on any atom is 0.325 e. The summed E-state index contributed by atoms with van der Waals surface area (Å²) in [5, 5.41) is 13.5. The van der Waals surface area contributed by atoms with E-state index in [2.05, 4.69) is 17.4 Å². The monoisotopic (exact) mass is 529 g/mol. The number of pyridine rings is 1. The van der Waals surface area contributed by atoms with Gasteiger partial charge in [-0.2, -0.15) is 0 Å². The fraction of sp³-hybridized carbons (Fsp3) is 0.586. The topological polar surface area (TPSA) is 83.9 Å². The SMILES string of the molecule is O=C(O)[C@@H](c1ccccc1C1CCC(F)(F)CO1)N1CC[C@@H](OCCCCc2ccc3c(n2)NCCC3)C1. The molecule has 1 aromatic carbocycles. The van der Waals surface area contributed by atoms with Gasteiger partial charge in [-0.3, -0.25) is 9.69 Å². The van der Waals surface area contributed by atoms with E-state index in [9.17, 15) is 18.7 Å². The van der Waals surface area contributed by atoms with Crippen LogP contribution in [0.15, 0.2) is 36.4 Å². The number of hydrogen-bond acceptors (Lipinski definition) is 6. The number of aliphatic carboxylic acids is 1. The Morgan fingerprint density at radius 2 is 2.11 bits per heavy atom. The lowest BCUT2D eigenvalue weighted by atomic mass is 9.91. The van der Waals surface area contributed by atoms with Crippen molar-refractivity contribution in [3.05, 3.63) is 58.8 Å². The molecule has 9 heteroatoms. The molecule has 0 saturated carbocycles. The Bertz CT molecular complexity index is 1100. The second kappa shape index (κ2) is 12.1. The molecule has 0 radical (unpaired) electrons. The molecule has 3 atom stereocenters. The van der Waals surface area contributed by atoms with Gasteiger partial charge in [0.25, 0.3) is 5.92 Å². The molecular formula is C29H37F2N3O4. The van der Waals surface area contributed by atoms with Crippen molar-refractivity contribution in [2.24, 2.45) is 0 Å². The minimum absolute atomic E-state index is 0.0281. The van der Waals surface area contributed by atoms with Gasteiger partial charge in [-0.05, 0) is 67.7 Å². The first-order valence-electron chi connectivity index (χ1n) is 13.8. The van der Waals surface area contributed by atoms with Crippen molar-refractivity contribution in [1.82, 2.24) is 9.88 Å². The fourth-order valence-electron chi connectivity index (χ4n) is 5.80. The second-order valence-electron chi connectivity index (χ2n) is 10.6. The minimum atomic E-state index is -2.83. The Labute approximate surface area is 222 Å². The number of nitrogens with one attached hydrogen (secondary N) is 1. The molecule has 206 valence electrons. The Morgan fingerprint density at radius 3 is 2.92 bits per heavy atom. The van der Waals surface area contributed by atoms with Gasteiger partial charge in [0.1, 0.15) is 18.5 Å². The van der Waals surface area contributed by atoms with Gasteiger partial charge in [0.2, 0.25) is 0 Å². The molecule has 3 aliphatic rings. The van der Waals surface area contributed by atoms with Crippen LogP contribution in [0, 0.1) is 0 Å². The van der Waals surface area contributed by atoms with Crippen LogP contribution >= 0.6 is 0 Å². The predicted molar refractivity (Wildman–Crippen MR) is 140 cm³/mol. The van der Waals surface area contributed by atoms with Crippen LogP contribution < -0.4 is 5.32 Å². The highest BCUT2D eigenvalue weighted by Gasteiger charge is 2.40. The number of alkyl halides is 2. The van der Waals surface area contributed by atoms with Crippen LogP contribution in [-0.2, 0) is 27.1 Å². The van der Waals surface area contributed by atoms with Crippen molar-refractivity contribution >= 4 is 11.8 Å². The van der Waals surface area contributed by atoms with E-state index < -0.39 is 30.6 Å². The fourth-order valence-corrected chi connectivity index (χ4v) is 5.80. The number of aromatic nitrogens is 1. The summed E-state index contributed by atoms with van der Waals surface area (Å²) in [5.74, 6) is -2.75. The van der Waals surface area contributed by atoms with Gasteiger partial charge in [0.15, 0.2) is 0 Å². The van der Waals surface area contributed by atoms with Crippen LogP contribution in [0.5, 0.6) is 0 Å². The van der Waals surface area contributed by atoms with E-state index in [1.54, 1.807) is 24.3 Å². The summed E-state index contributed by atoms with van der Waals surface area (Å²) in [4.78, 5) is 19.1. The number of nitrogens with zero attached hydrogens (tertiary/aromatic N) is 2. The number of aryl methyl sites for hydroxylation is 2. The van der Waals surface area contributed by atoms with Gasteiger partial charge in [-0.25, -0.2) is 13.8 Å². The third-order valence-corrected chi connectivity index (χ3v) is 7.81. The molecule has 1 aromatic heterocycles. The van der Waals surface area contributed by atoms with E-state index in [1.807, 2.05) is 4.90 Å². The first-order chi connectivity index (χ1) is 18.4. The number of carboxylic acids is 1. The van der Waals surface area contributed by atoms with Crippen molar-refractivity contribution in [2.75, 3.05) is 38.2 Å². The quantitative estimate of drug-likeness (QED) is 0.411. The first-order valence-corrected chi connectivity index (χ1v) is 13.8. The Balaban J connectivity index is 1.12. The Morgan fingerprint density at radius 1 is 1.24 bits per heavy atom. The van der Waals surface area contributed by atoms with Crippen molar-refractivity contribution in [1.29, 1.82) is 0 Å². The molecule has 7 nitrogen and oxygen atoms in total. The van der Waals surface area contributed by atoms with E-state index in [1.165, 1.54) is 5.56 Å². The maximum absolute atomic E-state index is 13.6. The summed E-state index contributed by atoms with van der Waals surface area (Å²) in [7, 11) is 0. The molecule has 4 heterocycles. The molecule has 0 spiro atoms. The zero-order valence-electron chi connectivity index (χ0n) is 21.7. The van der Waals surface area contributed by atoms with E-state index in [0.29, 0.717) is 30.8 Å². The number of anilines is 1. The van der Waals surface area contributed by atoms with Gasteiger partial charge in [-0.15, -0.1) is 0 Å². The summed E-state index contributed by atoms with van der Waals surface area (Å²) in [6.07, 6.45) is 5.15. The summed E-state index contributed by atoms with van der Waals surface area (Å²) < 4.78 is 38.8. The number of carbonyl (C=O) groups is 1. The molecule has 2 saturated heterocycles. The lowest BCUT2D eigenvalue weighted by molar-refractivity contribution is -0.147. The highest BCUT2D eigenvalue weighted by Crippen LogP contribution is 2.39. The van der Waals surface area contributed by atoms with Crippen LogP contribution in [0.1, 0.15) is 73.1 Å². The van der Waals surface area contributed by atoms with Gasteiger partial charge in [-0.1, -0.05) is 30.3 Å². The van der Waals surface area contributed by atoms with E-state index in [-0.39, 0.29) is 18.9 Å².